The Bertz CT molecular complexity index is 512. The van der Waals surface area contributed by atoms with Crippen molar-refractivity contribution in [1.29, 1.82) is 0 Å². The number of carbonyl (C=O) groups is 1. The third-order valence-corrected chi connectivity index (χ3v) is 3.93. The van der Waals surface area contributed by atoms with Crippen molar-refractivity contribution in [3.05, 3.63) is 23.4 Å². The maximum Gasteiger partial charge on any atom is 0.312 e. The molecule has 0 saturated heterocycles. The fourth-order valence-corrected chi connectivity index (χ4v) is 3.01. The number of carbonyl (C=O) groups excluding carboxylic acids is 1. The molecule has 2 aliphatic heterocycles. The van der Waals surface area contributed by atoms with Crippen LogP contribution >= 0.6 is 0 Å². The van der Waals surface area contributed by atoms with Gasteiger partial charge in [-0.3, -0.25) is 4.79 Å². The van der Waals surface area contributed by atoms with E-state index in [1.807, 2.05) is 12.1 Å². The number of pyridine rings is 1. The van der Waals surface area contributed by atoms with E-state index >= 15 is 0 Å². The summed E-state index contributed by atoms with van der Waals surface area (Å²) in [7, 11) is 3.14. The molecule has 3 aliphatic rings. The quantitative estimate of drug-likeness (QED) is 0.453. The molecule has 1 aliphatic carbocycles. The van der Waals surface area contributed by atoms with Gasteiger partial charge in [0.1, 0.15) is 5.82 Å². The lowest BCUT2D eigenvalue weighted by molar-refractivity contribution is -0.144. The lowest BCUT2D eigenvalue weighted by atomic mass is 9.66. The number of hydroxylamine groups is 1. The Kier molecular flexibility index (Phi) is 3.33. The van der Waals surface area contributed by atoms with Crippen molar-refractivity contribution >= 4 is 12.3 Å². The predicted molar refractivity (Wildman–Crippen MR) is 69.6 cm³/mol. The zero-order chi connectivity index (χ0) is 14.2. The van der Waals surface area contributed by atoms with E-state index in [0.29, 0.717) is 18.2 Å². The third-order valence-electron chi connectivity index (χ3n) is 3.93. The van der Waals surface area contributed by atoms with E-state index in [1.54, 1.807) is 14.2 Å². The van der Waals surface area contributed by atoms with Gasteiger partial charge in [-0.15, -0.1) is 5.48 Å². The summed E-state index contributed by atoms with van der Waals surface area (Å²) in [4.78, 5) is 19.7. The van der Waals surface area contributed by atoms with Crippen molar-refractivity contribution in [3.63, 3.8) is 0 Å². The number of hydrogen-bond acceptors (Lipinski definition) is 7. The Balaban J connectivity index is 1.91. The summed E-state index contributed by atoms with van der Waals surface area (Å²) in [5.41, 5.74) is 4.21. The molecule has 20 heavy (non-hydrogen) atoms. The fourth-order valence-electron chi connectivity index (χ4n) is 3.01. The average Bonchev–Trinajstić information content (AvgIpc) is 2.44. The molecule has 0 atom stereocenters. The van der Waals surface area contributed by atoms with Crippen LogP contribution in [0.15, 0.2) is 12.1 Å². The number of nitrogens with zero attached hydrogens (tertiary/aromatic N) is 1. The second-order valence-corrected chi connectivity index (χ2v) is 5.08. The van der Waals surface area contributed by atoms with Gasteiger partial charge >= 0.3 is 6.47 Å². The molecule has 3 heterocycles. The van der Waals surface area contributed by atoms with Gasteiger partial charge in [-0.1, -0.05) is 6.07 Å². The zero-order valence-electron chi connectivity index (χ0n) is 11.4. The number of ether oxygens (including phenoxy) is 2. The SMILES string of the molecule is COC(OC)c1ccc2c(n1)NC1CC2(NOC=O)C1. The first-order valence-electron chi connectivity index (χ1n) is 6.42. The average molecular weight is 279 g/mol. The summed E-state index contributed by atoms with van der Waals surface area (Å²) >= 11 is 0. The molecule has 1 aromatic heterocycles. The molecule has 0 amide bonds. The van der Waals surface area contributed by atoms with Gasteiger partial charge in [-0.05, 0) is 18.9 Å². The summed E-state index contributed by atoms with van der Waals surface area (Å²) in [6.45, 7) is 0.400. The minimum Gasteiger partial charge on any atom is -0.373 e. The molecule has 0 radical (unpaired) electrons. The van der Waals surface area contributed by atoms with E-state index in [4.69, 9.17) is 14.3 Å². The summed E-state index contributed by atoms with van der Waals surface area (Å²) in [6, 6.07) is 4.17. The van der Waals surface area contributed by atoms with E-state index in [1.165, 1.54) is 0 Å². The molecule has 1 fully saturated rings. The minimum atomic E-state index is -0.490. The molecule has 2 N–H and O–H groups in total. The second-order valence-electron chi connectivity index (χ2n) is 5.08. The minimum absolute atomic E-state index is 0.326. The standard InChI is InChI=1S/C13H17N3O4/c1-18-12(19-2)10-4-3-9-11(15-10)14-8-5-13(9,6-8)16-20-7-17/h3-4,7-8,12,16H,5-6H2,1-2H3,(H,14,15). The molecule has 0 unspecified atom stereocenters. The van der Waals surface area contributed by atoms with Gasteiger partial charge in [0.05, 0.1) is 11.2 Å². The first kappa shape index (κ1) is 13.3. The van der Waals surface area contributed by atoms with Gasteiger partial charge in [-0.2, -0.15) is 0 Å². The maximum absolute atomic E-state index is 10.4. The van der Waals surface area contributed by atoms with Crippen LogP contribution in [0.5, 0.6) is 0 Å². The van der Waals surface area contributed by atoms with Crippen LogP contribution in [0.3, 0.4) is 0 Å². The van der Waals surface area contributed by atoms with Crippen molar-refractivity contribution in [1.82, 2.24) is 10.5 Å². The van der Waals surface area contributed by atoms with Crippen LogP contribution in [0.2, 0.25) is 0 Å². The van der Waals surface area contributed by atoms with Gasteiger partial charge in [0.25, 0.3) is 0 Å². The molecular formula is C13H17N3O4. The number of methoxy groups -OCH3 is 2. The summed E-state index contributed by atoms with van der Waals surface area (Å²) in [5.74, 6) is 0.783. The Morgan fingerprint density at radius 1 is 1.45 bits per heavy atom. The molecule has 0 spiro atoms. The number of hydrogen-bond donors (Lipinski definition) is 2. The van der Waals surface area contributed by atoms with Gasteiger partial charge in [0.2, 0.25) is 6.29 Å². The Morgan fingerprint density at radius 3 is 2.85 bits per heavy atom. The number of nitrogens with one attached hydrogen (secondary N) is 2. The molecule has 7 nitrogen and oxygen atoms in total. The topological polar surface area (TPSA) is 81.7 Å². The van der Waals surface area contributed by atoms with Crippen LogP contribution in [0, 0.1) is 0 Å². The van der Waals surface area contributed by atoms with Crippen molar-refractivity contribution in [2.75, 3.05) is 19.5 Å². The van der Waals surface area contributed by atoms with E-state index in [0.717, 1.165) is 24.2 Å². The third kappa shape index (κ3) is 1.94. The first-order chi connectivity index (χ1) is 9.72. The van der Waals surface area contributed by atoms with Crippen LogP contribution < -0.4 is 10.8 Å². The molecule has 1 aromatic rings. The van der Waals surface area contributed by atoms with E-state index in [-0.39, 0.29) is 5.54 Å². The molecular weight excluding hydrogens is 262 g/mol. The Labute approximate surface area is 116 Å². The summed E-state index contributed by atoms with van der Waals surface area (Å²) in [6.07, 6.45) is 1.25. The van der Waals surface area contributed by atoms with Crippen LogP contribution in [-0.4, -0.2) is 31.7 Å². The second kappa shape index (κ2) is 5.01. The normalized spacial score (nSPS) is 26.4. The highest BCUT2D eigenvalue weighted by Crippen LogP contribution is 2.49. The van der Waals surface area contributed by atoms with Gasteiger partial charge in [-0.25, -0.2) is 4.98 Å². The largest absolute Gasteiger partial charge is 0.373 e. The number of aromatic nitrogens is 1. The molecule has 7 heteroatoms. The molecule has 108 valence electrons. The fraction of sp³-hybridized carbons (Fsp3) is 0.538. The number of anilines is 1. The van der Waals surface area contributed by atoms with E-state index in [9.17, 15) is 4.79 Å². The molecule has 4 rings (SSSR count). The van der Waals surface area contributed by atoms with Gasteiger partial charge in [0, 0.05) is 25.8 Å². The van der Waals surface area contributed by atoms with Crippen LogP contribution in [0.1, 0.15) is 30.4 Å². The highest BCUT2D eigenvalue weighted by Gasteiger charge is 2.52. The highest BCUT2D eigenvalue weighted by atomic mass is 16.7. The lowest BCUT2D eigenvalue weighted by Crippen LogP contribution is -2.60. The van der Waals surface area contributed by atoms with Gasteiger partial charge in [0.15, 0.2) is 0 Å². The van der Waals surface area contributed by atoms with Crippen molar-refractivity contribution in [2.24, 2.45) is 0 Å². The predicted octanol–water partition coefficient (Wildman–Crippen LogP) is 0.834. The van der Waals surface area contributed by atoms with Gasteiger partial charge < -0.3 is 19.6 Å². The van der Waals surface area contributed by atoms with Crippen LogP contribution in [0.4, 0.5) is 5.82 Å². The monoisotopic (exact) mass is 279 g/mol. The summed E-state index contributed by atoms with van der Waals surface area (Å²) < 4.78 is 10.4. The van der Waals surface area contributed by atoms with Crippen molar-refractivity contribution in [3.8, 4) is 0 Å². The lowest BCUT2D eigenvalue weighted by Gasteiger charge is -2.52. The van der Waals surface area contributed by atoms with E-state index < -0.39 is 6.29 Å². The van der Waals surface area contributed by atoms with Crippen molar-refractivity contribution in [2.45, 2.75) is 30.7 Å². The Hall–Kier alpha value is -1.70. The molecule has 2 bridgehead atoms. The molecule has 1 saturated carbocycles. The zero-order valence-corrected chi connectivity index (χ0v) is 11.4. The van der Waals surface area contributed by atoms with Crippen LogP contribution in [0.25, 0.3) is 0 Å². The van der Waals surface area contributed by atoms with Crippen molar-refractivity contribution < 1.29 is 19.1 Å². The highest BCUT2D eigenvalue weighted by molar-refractivity contribution is 5.56. The Morgan fingerprint density at radius 2 is 2.20 bits per heavy atom. The van der Waals surface area contributed by atoms with Crippen LogP contribution in [-0.2, 0) is 24.6 Å². The molecule has 0 aromatic carbocycles. The van der Waals surface area contributed by atoms with E-state index in [2.05, 4.69) is 15.8 Å². The maximum atomic E-state index is 10.4. The number of rotatable bonds is 6. The summed E-state index contributed by atoms with van der Waals surface area (Å²) in [5, 5.41) is 3.36. The first-order valence-corrected chi connectivity index (χ1v) is 6.42. The smallest absolute Gasteiger partial charge is 0.312 e.